The Morgan fingerprint density at radius 3 is 2.35 bits per heavy atom. The average Bonchev–Trinajstić information content (AvgIpc) is 2.36. The molecule has 0 saturated heterocycles. The number of halogens is 2. The zero-order valence-corrected chi connectivity index (χ0v) is 15.6. The minimum Gasteiger partial charge on any atom is -0.351 e. The van der Waals surface area contributed by atoms with Gasteiger partial charge in [-0.2, -0.15) is 0 Å². The second-order valence-corrected chi connectivity index (χ2v) is 7.08. The van der Waals surface area contributed by atoms with E-state index in [2.05, 4.69) is 69.8 Å². The second kappa shape index (κ2) is 8.15. The van der Waals surface area contributed by atoms with Gasteiger partial charge in [0, 0.05) is 34.1 Å². The summed E-state index contributed by atoms with van der Waals surface area (Å²) in [6.07, 6.45) is 0. The van der Waals surface area contributed by atoms with Gasteiger partial charge in [-0.25, -0.2) is 0 Å². The Labute approximate surface area is 138 Å². The highest BCUT2D eigenvalue weighted by Crippen LogP contribution is 2.21. The number of hydrogen-bond acceptors (Lipinski definition) is 2. The predicted molar refractivity (Wildman–Crippen MR) is 91.2 cm³/mol. The van der Waals surface area contributed by atoms with Crippen LogP contribution in [0.25, 0.3) is 0 Å². The summed E-state index contributed by atoms with van der Waals surface area (Å²) in [5, 5.41) is 2.98. The third kappa shape index (κ3) is 5.19. The Morgan fingerprint density at radius 1 is 1.20 bits per heavy atom. The lowest BCUT2D eigenvalue weighted by Crippen LogP contribution is -2.42. The lowest BCUT2D eigenvalue weighted by atomic mass is 10.2. The summed E-state index contributed by atoms with van der Waals surface area (Å²) >= 11 is 6.79. The Hall–Kier alpha value is -0.390. The van der Waals surface area contributed by atoms with Crippen molar-refractivity contribution >= 4 is 37.8 Å². The molecule has 0 aliphatic carbocycles. The van der Waals surface area contributed by atoms with Crippen molar-refractivity contribution in [1.29, 1.82) is 0 Å². The van der Waals surface area contributed by atoms with Crippen LogP contribution in [0.2, 0.25) is 0 Å². The molecule has 1 aromatic carbocycles. The van der Waals surface area contributed by atoms with E-state index in [1.165, 1.54) is 0 Å². The molecular weight excluding hydrogens is 384 g/mol. The fourth-order valence-electron chi connectivity index (χ4n) is 2.18. The molecule has 0 heterocycles. The molecule has 0 fully saturated rings. The Bertz CT molecular complexity index is 453. The standard InChI is InChI=1S/C15H22Br2N2O/c1-10(2)19(11(3)4)8-7-18-15(20)13-9-12(16)5-6-14(13)17/h5-6,9-11H,7-8H2,1-4H3,(H,18,20). The number of carbonyl (C=O) groups is 1. The van der Waals surface area contributed by atoms with Crippen molar-refractivity contribution in [3.8, 4) is 0 Å². The van der Waals surface area contributed by atoms with Crippen LogP contribution >= 0.6 is 31.9 Å². The topological polar surface area (TPSA) is 32.3 Å². The first kappa shape index (κ1) is 17.7. The molecule has 0 radical (unpaired) electrons. The highest BCUT2D eigenvalue weighted by molar-refractivity contribution is 9.11. The van der Waals surface area contributed by atoms with Crippen LogP contribution < -0.4 is 5.32 Å². The van der Waals surface area contributed by atoms with Crippen LogP contribution in [0.4, 0.5) is 0 Å². The maximum absolute atomic E-state index is 12.2. The molecule has 0 unspecified atom stereocenters. The largest absolute Gasteiger partial charge is 0.351 e. The summed E-state index contributed by atoms with van der Waals surface area (Å²) in [7, 11) is 0. The molecular formula is C15H22Br2N2O. The summed E-state index contributed by atoms with van der Waals surface area (Å²) in [5.74, 6) is -0.0503. The third-order valence-corrected chi connectivity index (χ3v) is 4.34. The quantitative estimate of drug-likeness (QED) is 0.773. The van der Waals surface area contributed by atoms with E-state index in [9.17, 15) is 4.79 Å². The Kier molecular flexibility index (Phi) is 7.20. The molecule has 0 bridgehead atoms. The highest BCUT2D eigenvalue weighted by Gasteiger charge is 2.14. The van der Waals surface area contributed by atoms with Crippen LogP contribution in [-0.4, -0.2) is 36.0 Å². The molecule has 1 rings (SSSR count). The van der Waals surface area contributed by atoms with Gasteiger partial charge in [0.15, 0.2) is 0 Å². The van der Waals surface area contributed by atoms with Crippen molar-refractivity contribution in [2.24, 2.45) is 0 Å². The summed E-state index contributed by atoms with van der Waals surface area (Å²) in [5.41, 5.74) is 0.653. The van der Waals surface area contributed by atoms with E-state index < -0.39 is 0 Å². The van der Waals surface area contributed by atoms with Crippen LogP contribution in [0.3, 0.4) is 0 Å². The molecule has 1 amide bonds. The van der Waals surface area contributed by atoms with Crippen LogP contribution in [0, 0.1) is 0 Å². The normalized spacial score (nSPS) is 11.4. The fraction of sp³-hybridized carbons (Fsp3) is 0.533. The molecule has 112 valence electrons. The fourth-order valence-corrected chi connectivity index (χ4v) is 2.97. The lowest BCUT2D eigenvalue weighted by Gasteiger charge is -2.30. The molecule has 0 aliphatic heterocycles. The first-order chi connectivity index (χ1) is 9.32. The van der Waals surface area contributed by atoms with Gasteiger partial charge in [-0.15, -0.1) is 0 Å². The molecule has 5 heteroatoms. The van der Waals surface area contributed by atoms with Gasteiger partial charge in [0.25, 0.3) is 5.91 Å². The van der Waals surface area contributed by atoms with Crippen LogP contribution in [-0.2, 0) is 0 Å². The van der Waals surface area contributed by atoms with Crippen molar-refractivity contribution in [2.45, 2.75) is 39.8 Å². The number of hydrogen-bond donors (Lipinski definition) is 1. The van der Waals surface area contributed by atoms with Gasteiger partial charge in [-0.05, 0) is 61.8 Å². The van der Waals surface area contributed by atoms with Gasteiger partial charge in [0.2, 0.25) is 0 Å². The van der Waals surface area contributed by atoms with E-state index in [4.69, 9.17) is 0 Å². The monoisotopic (exact) mass is 404 g/mol. The molecule has 0 saturated carbocycles. The summed E-state index contributed by atoms with van der Waals surface area (Å²) in [6, 6.07) is 6.55. The van der Waals surface area contributed by atoms with Crippen molar-refractivity contribution in [2.75, 3.05) is 13.1 Å². The first-order valence-electron chi connectivity index (χ1n) is 6.82. The summed E-state index contributed by atoms with van der Waals surface area (Å²) in [6.45, 7) is 10.2. The lowest BCUT2D eigenvalue weighted by molar-refractivity contribution is 0.0938. The number of nitrogens with zero attached hydrogens (tertiary/aromatic N) is 1. The Morgan fingerprint density at radius 2 is 1.80 bits per heavy atom. The van der Waals surface area contributed by atoms with E-state index in [-0.39, 0.29) is 5.91 Å². The molecule has 0 aliphatic rings. The average molecular weight is 406 g/mol. The van der Waals surface area contributed by atoms with Gasteiger partial charge in [-0.3, -0.25) is 9.69 Å². The molecule has 1 N–H and O–H groups in total. The zero-order valence-electron chi connectivity index (χ0n) is 12.4. The van der Waals surface area contributed by atoms with Gasteiger partial charge in [0.1, 0.15) is 0 Å². The third-order valence-electron chi connectivity index (χ3n) is 3.16. The highest BCUT2D eigenvalue weighted by atomic mass is 79.9. The molecule has 0 atom stereocenters. The van der Waals surface area contributed by atoms with Crippen LogP contribution in [0.1, 0.15) is 38.1 Å². The predicted octanol–water partition coefficient (Wildman–Crippen LogP) is 4.06. The number of rotatable bonds is 6. The Balaban J connectivity index is 2.57. The number of benzene rings is 1. The van der Waals surface area contributed by atoms with E-state index >= 15 is 0 Å². The van der Waals surface area contributed by atoms with E-state index in [0.717, 1.165) is 15.5 Å². The molecule has 0 spiro atoms. The van der Waals surface area contributed by atoms with Gasteiger partial charge >= 0.3 is 0 Å². The maximum atomic E-state index is 12.2. The first-order valence-corrected chi connectivity index (χ1v) is 8.40. The number of carbonyl (C=O) groups excluding carboxylic acids is 1. The molecule has 1 aromatic rings. The smallest absolute Gasteiger partial charge is 0.252 e. The van der Waals surface area contributed by atoms with E-state index in [1.807, 2.05) is 18.2 Å². The van der Waals surface area contributed by atoms with Gasteiger partial charge < -0.3 is 5.32 Å². The van der Waals surface area contributed by atoms with Gasteiger partial charge in [-0.1, -0.05) is 15.9 Å². The zero-order chi connectivity index (χ0) is 15.3. The molecule has 3 nitrogen and oxygen atoms in total. The maximum Gasteiger partial charge on any atom is 0.252 e. The van der Waals surface area contributed by atoms with Crippen LogP contribution in [0.15, 0.2) is 27.1 Å². The van der Waals surface area contributed by atoms with E-state index in [1.54, 1.807) is 0 Å². The summed E-state index contributed by atoms with van der Waals surface area (Å²) < 4.78 is 1.71. The van der Waals surface area contributed by atoms with Gasteiger partial charge in [0.05, 0.1) is 5.56 Å². The van der Waals surface area contributed by atoms with Crippen molar-refractivity contribution in [3.05, 3.63) is 32.7 Å². The molecule has 0 aromatic heterocycles. The summed E-state index contributed by atoms with van der Waals surface area (Å²) in [4.78, 5) is 14.5. The number of amides is 1. The van der Waals surface area contributed by atoms with Crippen molar-refractivity contribution in [3.63, 3.8) is 0 Å². The minimum absolute atomic E-state index is 0.0503. The second-order valence-electron chi connectivity index (χ2n) is 5.31. The number of nitrogens with one attached hydrogen (secondary N) is 1. The van der Waals surface area contributed by atoms with Crippen molar-refractivity contribution < 1.29 is 4.79 Å². The SMILES string of the molecule is CC(C)N(CCNC(=O)c1cc(Br)ccc1Br)C(C)C. The van der Waals surface area contributed by atoms with E-state index in [0.29, 0.717) is 24.2 Å². The molecule has 20 heavy (non-hydrogen) atoms. The minimum atomic E-state index is -0.0503. The van der Waals surface area contributed by atoms with Crippen molar-refractivity contribution in [1.82, 2.24) is 10.2 Å². The van der Waals surface area contributed by atoms with Crippen LogP contribution in [0.5, 0.6) is 0 Å².